The van der Waals surface area contributed by atoms with Crippen LogP contribution in [0, 0.1) is 0 Å². The fraction of sp³-hybridized carbons (Fsp3) is 0.250. The minimum absolute atomic E-state index is 0.0671. The Labute approximate surface area is 102 Å². The van der Waals surface area contributed by atoms with Crippen molar-refractivity contribution < 1.29 is 8.42 Å². The molecule has 2 N–H and O–H groups in total. The first-order valence-electron chi connectivity index (χ1n) is 3.94. The van der Waals surface area contributed by atoms with E-state index in [1.54, 1.807) is 0 Å². The van der Waals surface area contributed by atoms with Gasteiger partial charge >= 0.3 is 0 Å². The topological polar surface area (TPSA) is 63.4 Å². The van der Waals surface area contributed by atoms with Crippen molar-refractivity contribution in [3.05, 3.63) is 21.6 Å². The molecule has 0 saturated carbocycles. The first-order valence-corrected chi connectivity index (χ1v) is 6.55. The number of nitrogens with two attached hydrogens (primary N) is 1. The molecule has 0 atom stereocenters. The molecular weight excluding hydrogens is 304 g/mol. The van der Waals surface area contributed by atoms with Crippen LogP contribution in [0.5, 0.6) is 0 Å². The highest BCUT2D eigenvalue weighted by molar-refractivity contribution is 9.10. The Balaban J connectivity index is 3.52. The van der Waals surface area contributed by atoms with Crippen LogP contribution in [-0.4, -0.2) is 26.8 Å². The molecular formula is C8H10BrClN2O2S. The number of hydrogen-bond donors (Lipinski definition) is 1. The molecule has 84 valence electrons. The molecule has 0 aliphatic carbocycles. The van der Waals surface area contributed by atoms with Crippen molar-refractivity contribution in [1.29, 1.82) is 0 Å². The van der Waals surface area contributed by atoms with E-state index in [2.05, 4.69) is 15.9 Å². The molecule has 0 saturated heterocycles. The zero-order valence-corrected chi connectivity index (χ0v) is 11.3. The van der Waals surface area contributed by atoms with Crippen molar-refractivity contribution in [3.8, 4) is 0 Å². The molecule has 1 aromatic carbocycles. The lowest BCUT2D eigenvalue weighted by Gasteiger charge is -2.14. The van der Waals surface area contributed by atoms with Gasteiger partial charge in [-0.1, -0.05) is 11.6 Å². The normalized spacial score (nSPS) is 12.1. The summed E-state index contributed by atoms with van der Waals surface area (Å²) in [7, 11) is -0.644. The molecule has 0 amide bonds. The second-order valence-corrected chi connectivity index (χ2v) is 6.44. The Kier molecular flexibility index (Phi) is 3.65. The van der Waals surface area contributed by atoms with Crippen molar-refractivity contribution in [3.63, 3.8) is 0 Å². The number of sulfonamides is 1. The molecule has 0 aromatic heterocycles. The maximum atomic E-state index is 11.8. The van der Waals surface area contributed by atoms with E-state index >= 15 is 0 Å². The molecule has 4 nitrogen and oxygen atoms in total. The average molecular weight is 314 g/mol. The zero-order chi connectivity index (χ0) is 11.8. The van der Waals surface area contributed by atoms with Gasteiger partial charge in [-0.25, -0.2) is 12.7 Å². The minimum atomic E-state index is -3.53. The number of rotatable bonds is 2. The van der Waals surface area contributed by atoms with Crippen LogP contribution in [0.1, 0.15) is 0 Å². The first kappa shape index (κ1) is 12.8. The van der Waals surface area contributed by atoms with Crippen LogP contribution < -0.4 is 5.73 Å². The minimum Gasteiger partial charge on any atom is -0.398 e. The van der Waals surface area contributed by atoms with Crippen molar-refractivity contribution >= 4 is 43.2 Å². The predicted molar refractivity (Wildman–Crippen MR) is 64.4 cm³/mol. The van der Waals surface area contributed by atoms with Crippen LogP contribution in [0.4, 0.5) is 5.69 Å². The Morgan fingerprint density at radius 2 is 1.93 bits per heavy atom. The van der Waals surface area contributed by atoms with Gasteiger partial charge in [-0.3, -0.25) is 0 Å². The highest BCUT2D eigenvalue weighted by Crippen LogP contribution is 2.32. The molecule has 7 heteroatoms. The summed E-state index contributed by atoms with van der Waals surface area (Å²) in [6, 6.07) is 2.84. The third-order valence-electron chi connectivity index (χ3n) is 1.79. The monoisotopic (exact) mass is 312 g/mol. The summed E-state index contributed by atoms with van der Waals surface area (Å²) in [5.41, 5.74) is 5.90. The number of nitrogen functional groups attached to an aromatic ring is 1. The summed E-state index contributed by atoms with van der Waals surface area (Å²) in [5.74, 6) is 0. The third kappa shape index (κ3) is 2.44. The van der Waals surface area contributed by atoms with E-state index < -0.39 is 10.0 Å². The molecule has 0 aliphatic rings. The third-order valence-corrected chi connectivity index (χ3v) is 5.00. The number of benzene rings is 1. The molecule has 0 bridgehead atoms. The summed E-state index contributed by atoms with van der Waals surface area (Å²) < 4.78 is 25.1. The summed E-state index contributed by atoms with van der Waals surface area (Å²) in [5, 5.41) is 0.288. The van der Waals surface area contributed by atoms with Gasteiger partial charge in [0, 0.05) is 24.8 Å². The Bertz CT molecular complexity index is 488. The average Bonchev–Trinajstić information content (AvgIpc) is 2.10. The van der Waals surface area contributed by atoms with Gasteiger partial charge in [0.05, 0.1) is 9.37 Å². The van der Waals surface area contributed by atoms with E-state index in [0.717, 1.165) is 4.31 Å². The van der Waals surface area contributed by atoms with Crippen LogP contribution in [0.25, 0.3) is 0 Å². The van der Waals surface area contributed by atoms with E-state index in [0.29, 0.717) is 10.2 Å². The SMILES string of the molecule is CN(C)S(=O)(=O)c1cc(Cl)cc(N)c1Br. The summed E-state index contributed by atoms with van der Waals surface area (Å²) in [6.07, 6.45) is 0. The molecule has 1 rings (SSSR count). The van der Waals surface area contributed by atoms with Crippen LogP contribution in [0.2, 0.25) is 5.02 Å². The maximum absolute atomic E-state index is 11.8. The second kappa shape index (κ2) is 4.29. The lowest BCUT2D eigenvalue weighted by molar-refractivity contribution is 0.520. The van der Waals surface area contributed by atoms with Gasteiger partial charge in [0.25, 0.3) is 0 Å². The lowest BCUT2D eigenvalue weighted by Crippen LogP contribution is -2.22. The number of hydrogen-bond acceptors (Lipinski definition) is 3. The number of halogens is 2. The van der Waals surface area contributed by atoms with Crippen molar-refractivity contribution in [2.24, 2.45) is 0 Å². The van der Waals surface area contributed by atoms with Gasteiger partial charge in [-0.2, -0.15) is 0 Å². The van der Waals surface area contributed by atoms with Gasteiger partial charge in [0.1, 0.15) is 0 Å². The van der Waals surface area contributed by atoms with Crippen LogP contribution in [0.15, 0.2) is 21.5 Å². The number of anilines is 1. The van der Waals surface area contributed by atoms with Gasteiger partial charge in [-0.05, 0) is 28.1 Å². The number of nitrogens with zero attached hydrogens (tertiary/aromatic N) is 1. The van der Waals surface area contributed by atoms with Crippen LogP contribution in [-0.2, 0) is 10.0 Å². The second-order valence-electron chi connectivity index (χ2n) is 3.09. The Morgan fingerprint density at radius 3 is 2.40 bits per heavy atom. The van der Waals surface area contributed by atoms with Gasteiger partial charge in [-0.15, -0.1) is 0 Å². The first-order chi connectivity index (χ1) is 6.76. The molecule has 0 radical (unpaired) electrons. The van der Waals surface area contributed by atoms with Crippen molar-refractivity contribution in [2.45, 2.75) is 4.90 Å². The van der Waals surface area contributed by atoms with E-state index in [-0.39, 0.29) is 9.92 Å². The fourth-order valence-corrected chi connectivity index (χ4v) is 3.12. The van der Waals surface area contributed by atoms with Gasteiger partial charge in [0.15, 0.2) is 0 Å². The summed E-state index contributed by atoms with van der Waals surface area (Å²) in [4.78, 5) is 0.0671. The molecule has 0 aliphatic heterocycles. The Hall–Kier alpha value is -0.300. The maximum Gasteiger partial charge on any atom is 0.243 e. The molecule has 0 fully saturated rings. The predicted octanol–water partition coefficient (Wildman–Crippen LogP) is 1.94. The van der Waals surface area contributed by atoms with E-state index in [4.69, 9.17) is 17.3 Å². The molecule has 1 aromatic rings. The molecule has 0 heterocycles. The van der Waals surface area contributed by atoms with E-state index in [9.17, 15) is 8.42 Å². The smallest absolute Gasteiger partial charge is 0.243 e. The van der Waals surface area contributed by atoms with Gasteiger partial charge < -0.3 is 5.73 Å². The standard InChI is InChI=1S/C8H10BrClN2O2S/c1-12(2)15(13,14)7-4-5(10)3-6(11)8(7)9/h3-4H,11H2,1-2H3. The van der Waals surface area contributed by atoms with Crippen LogP contribution in [0.3, 0.4) is 0 Å². The summed E-state index contributed by atoms with van der Waals surface area (Å²) in [6.45, 7) is 0. The van der Waals surface area contributed by atoms with Crippen LogP contribution >= 0.6 is 27.5 Å². The van der Waals surface area contributed by atoms with E-state index in [1.807, 2.05) is 0 Å². The molecule has 15 heavy (non-hydrogen) atoms. The Morgan fingerprint density at radius 1 is 1.40 bits per heavy atom. The fourth-order valence-electron chi connectivity index (χ4n) is 0.969. The van der Waals surface area contributed by atoms with E-state index in [1.165, 1.54) is 26.2 Å². The highest BCUT2D eigenvalue weighted by Gasteiger charge is 2.22. The lowest BCUT2D eigenvalue weighted by atomic mass is 10.3. The van der Waals surface area contributed by atoms with Crippen molar-refractivity contribution in [2.75, 3.05) is 19.8 Å². The zero-order valence-electron chi connectivity index (χ0n) is 8.16. The highest BCUT2D eigenvalue weighted by atomic mass is 79.9. The van der Waals surface area contributed by atoms with Gasteiger partial charge in [0.2, 0.25) is 10.0 Å². The quantitative estimate of drug-likeness (QED) is 0.849. The largest absolute Gasteiger partial charge is 0.398 e. The molecule has 0 unspecified atom stereocenters. The summed E-state index contributed by atoms with van der Waals surface area (Å²) >= 11 is 8.88. The molecule has 0 spiro atoms. The van der Waals surface area contributed by atoms with Crippen molar-refractivity contribution in [1.82, 2.24) is 4.31 Å².